The predicted molar refractivity (Wildman–Crippen MR) is 99.0 cm³/mol. The molecule has 0 bridgehead atoms. The van der Waals surface area contributed by atoms with Gasteiger partial charge in [0.25, 0.3) is 5.56 Å². The summed E-state index contributed by atoms with van der Waals surface area (Å²) in [6.07, 6.45) is 2.30. The van der Waals surface area contributed by atoms with E-state index in [4.69, 9.17) is 0 Å². The Labute approximate surface area is 151 Å². The Morgan fingerprint density at radius 2 is 2.08 bits per heavy atom. The van der Waals surface area contributed by atoms with Crippen LogP contribution < -0.4 is 16.6 Å². The van der Waals surface area contributed by atoms with Crippen molar-refractivity contribution in [2.75, 3.05) is 19.6 Å². The molecule has 2 heterocycles. The van der Waals surface area contributed by atoms with Gasteiger partial charge in [-0.3, -0.25) is 19.5 Å². The molecule has 0 spiro atoms. The van der Waals surface area contributed by atoms with E-state index in [-0.39, 0.29) is 17.9 Å². The zero-order chi connectivity index (χ0) is 18.5. The van der Waals surface area contributed by atoms with Gasteiger partial charge in [0.1, 0.15) is 0 Å². The number of amides is 1. The standard InChI is InChI=1S/C19H24N4O3/c1-13-4-2-3-5-15(13)12-23-7-6-14(11-23)9-20-17(24)8-16-10-21-19(26)22-18(16)25/h2-5,10,14H,6-9,11-12H2,1H3,(H,20,24)(H2,21,22,25,26)/t14-/m1/s1. The van der Waals surface area contributed by atoms with Crippen molar-refractivity contribution < 1.29 is 4.79 Å². The molecule has 1 saturated heterocycles. The first-order valence-corrected chi connectivity index (χ1v) is 8.85. The average molecular weight is 356 g/mol. The number of rotatable bonds is 6. The molecule has 7 nitrogen and oxygen atoms in total. The number of likely N-dealkylation sites (tertiary alicyclic amines) is 1. The first kappa shape index (κ1) is 18.1. The summed E-state index contributed by atoms with van der Waals surface area (Å²) in [5, 5.41) is 2.90. The zero-order valence-corrected chi connectivity index (χ0v) is 14.9. The highest BCUT2D eigenvalue weighted by molar-refractivity contribution is 5.78. The molecular formula is C19H24N4O3. The second-order valence-electron chi connectivity index (χ2n) is 6.89. The van der Waals surface area contributed by atoms with E-state index >= 15 is 0 Å². The van der Waals surface area contributed by atoms with Crippen LogP contribution in [-0.4, -0.2) is 40.4 Å². The fourth-order valence-electron chi connectivity index (χ4n) is 3.31. The van der Waals surface area contributed by atoms with Gasteiger partial charge in [0, 0.05) is 31.4 Å². The van der Waals surface area contributed by atoms with E-state index in [1.165, 1.54) is 17.3 Å². The van der Waals surface area contributed by atoms with Gasteiger partial charge in [-0.2, -0.15) is 0 Å². The van der Waals surface area contributed by atoms with E-state index in [1.807, 2.05) is 0 Å². The number of aryl methyl sites for hydroxylation is 1. The van der Waals surface area contributed by atoms with E-state index in [0.29, 0.717) is 12.5 Å². The van der Waals surface area contributed by atoms with Crippen LogP contribution in [0.3, 0.4) is 0 Å². The van der Waals surface area contributed by atoms with Gasteiger partial charge in [-0.1, -0.05) is 24.3 Å². The average Bonchev–Trinajstić information content (AvgIpc) is 3.05. The number of hydrogen-bond donors (Lipinski definition) is 3. The van der Waals surface area contributed by atoms with Crippen molar-refractivity contribution in [3.8, 4) is 0 Å². The van der Waals surface area contributed by atoms with Gasteiger partial charge in [-0.15, -0.1) is 0 Å². The van der Waals surface area contributed by atoms with Gasteiger partial charge in [0.15, 0.2) is 0 Å². The van der Waals surface area contributed by atoms with E-state index in [2.05, 4.69) is 51.4 Å². The summed E-state index contributed by atoms with van der Waals surface area (Å²) in [5.41, 5.74) is 1.81. The molecule has 0 saturated carbocycles. The molecule has 26 heavy (non-hydrogen) atoms. The van der Waals surface area contributed by atoms with E-state index < -0.39 is 11.2 Å². The van der Waals surface area contributed by atoms with Crippen LogP contribution in [0.15, 0.2) is 40.1 Å². The number of nitrogens with one attached hydrogen (secondary N) is 3. The summed E-state index contributed by atoms with van der Waals surface area (Å²) in [6, 6.07) is 8.40. The van der Waals surface area contributed by atoms with Crippen molar-refractivity contribution in [1.29, 1.82) is 0 Å². The molecule has 1 aromatic heterocycles. The van der Waals surface area contributed by atoms with Crippen molar-refractivity contribution in [2.24, 2.45) is 5.92 Å². The SMILES string of the molecule is Cc1ccccc1CN1CC[C@H](CNC(=O)Cc2c[nH]c(=O)[nH]c2=O)C1. The second kappa shape index (κ2) is 8.14. The summed E-state index contributed by atoms with van der Waals surface area (Å²) in [4.78, 5) is 41.6. The van der Waals surface area contributed by atoms with Gasteiger partial charge < -0.3 is 10.3 Å². The minimum absolute atomic E-state index is 0.0360. The summed E-state index contributed by atoms with van der Waals surface area (Å²) < 4.78 is 0. The molecule has 1 aliphatic heterocycles. The Morgan fingerprint density at radius 3 is 2.85 bits per heavy atom. The molecule has 1 fully saturated rings. The fourth-order valence-corrected chi connectivity index (χ4v) is 3.31. The molecule has 0 aliphatic carbocycles. The van der Waals surface area contributed by atoms with Crippen LogP contribution in [0.2, 0.25) is 0 Å². The molecule has 1 aliphatic rings. The van der Waals surface area contributed by atoms with Gasteiger partial charge in [0.05, 0.1) is 6.42 Å². The molecule has 1 amide bonds. The Hall–Kier alpha value is -2.67. The second-order valence-corrected chi connectivity index (χ2v) is 6.89. The molecule has 3 rings (SSSR count). The topological polar surface area (TPSA) is 98.1 Å². The Bertz CT molecular complexity index is 887. The first-order chi connectivity index (χ1) is 12.5. The lowest BCUT2D eigenvalue weighted by Crippen LogP contribution is -2.34. The van der Waals surface area contributed by atoms with Gasteiger partial charge >= 0.3 is 5.69 Å². The van der Waals surface area contributed by atoms with Crippen LogP contribution in [0, 0.1) is 12.8 Å². The third-order valence-corrected chi connectivity index (χ3v) is 4.86. The monoisotopic (exact) mass is 356 g/mol. The third-order valence-electron chi connectivity index (χ3n) is 4.86. The lowest BCUT2D eigenvalue weighted by molar-refractivity contribution is -0.120. The Balaban J connectivity index is 1.45. The molecule has 1 atom stereocenters. The lowest BCUT2D eigenvalue weighted by atomic mass is 10.1. The summed E-state index contributed by atoms with van der Waals surface area (Å²) >= 11 is 0. The van der Waals surface area contributed by atoms with Crippen LogP contribution in [-0.2, 0) is 17.8 Å². The van der Waals surface area contributed by atoms with Crippen molar-refractivity contribution >= 4 is 5.91 Å². The number of hydrogen-bond acceptors (Lipinski definition) is 4. The zero-order valence-electron chi connectivity index (χ0n) is 14.9. The molecule has 3 N–H and O–H groups in total. The normalized spacial score (nSPS) is 17.3. The number of carbonyl (C=O) groups excluding carboxylic acids is 1. The highest BCUT2D eigenvalue weighted by Gasteiger charge is 2.23. The van der Waals surface area contributed by atoms with Crippen molar-refractivity contribution in [3.05, 3.63) is 68.0 Å². The van der Waals surface area contributed by atoms with Crippen LogP contribution >= 0.6 is 0 Å². The number of carbonyl (C=O) groups is 1. The summed E-state index contributed by atoms with van der Waals surface area (Å²) in [7, 11) is 0. The first-order valence-electron chi connectivity index (χ1n) is 8.85. The molecule has 2 aromatic rings. The quantitative estimate of drug-likeness (QED) is 0.704. The summed E-state index contributed by atoms with van der Waals surface area (Å²) in [6.45, 7) is 5.64. The number of H-pyrrole nitrogens is 2. The molecule has 138 valence electrons. The number of aromatic amines is 2. The molecular weight excluding hydrogens is 332 g/mol. The summed E-state index contributed by atoms with van der Waals surface area (Å²) in [5.74, 6) is 0.205. The van der Waals surface area contributed by atoms with E-state index in [0.717, 1.165) is 26.1 Å². The Morgan fingerprint density at radius 1 is 1.27 bits per heavy atom. The van der Waals surface area contributed by atoms with Gasteiger partial charge in [-0.25, -0.2) is 4.79 Å². The van der Waals surface area contributed by atoms with E-state index in [1.54, 1.807) is 0 Å². The van der Waals surface area contributed by atoms with Crippen molar-refractivity contribution in [2.45, 2.75) is 26.3 Å². The third kappa shape index (κ3) is 4.70. The number of nitrogens with zero attached hydrogens (tertiary/aromatic N) is 1. The number of aromatic nitrogens is 2. The smallest absolute Gasteiger partial charge is 0.325 e. The fraction of sp³-hybridized carbons (Fsp3) is 0.421. The largest absolute Gasteiger partial charge is 0.355 e. The molecule has 0 radical (unpaired) electrons. The van der Waals surface area contributed by atoms with Crippen molar-refractivity contribution in [1.82, 2.24) is 20.2 Å². The van der Waals surface area contributed by atoms with Crippen LogP contribution in [0.1, 0.15) is 23.1 Å². The highest BCUT2D eigenvalue weighted by Crippen LogP contribution is 2.19. The predicted octanol–water partition coefficient (Wildman–Crippen LogP) is 0.552. The minimum atomic E-state index is -0.571. The van der Waals surface area contributed by atoms with Crippen LogP contribution in [0.4, 0.5) is 0 Å². The molecule has 1 aromatic carbocycles. The van der Waals surface area contributed by atoms with Gasteiger partial charge in [0.2, 0.25) is 5.91 Å². The van der Waals surface area contributed by atoms with Crippen LogP contribution in [0.25, 0.3) is 0 Å². The lowest BCUT2D eigenvalue weighted by Gasteiger charge is -2.17. The minimum Gasteiger partial charge on any atom is -0.355 e. The highest BCUT2D eigenvalue weighted by atomic mass is 16.2. The Kier molecular flexibility index (Phi) is 5.68. The number of benzene rings is 1. The maximum atomic E-state index is 12.1. The van der Waals surface area contributed by atoms with E-state index in [9.17, 15) is 14.4 Å². The van der Waals surface area contributed by atoms with Crippen molar-refractivity contribution in [3.63, 3.8) is 0 Å². The maximum Gasteiger partial charge on any atom is 0.325 e. The molecule has 7 heteroatoms. The van der Waals surface area contributed by atoms with Crippen LogP contribution in [0.5, 0.6) is 0 Å². The maximum absolute atomic E-state index is 12.1. The molecule has 0 unspecified atom stereocenters. The van der Waals surface area contributed by atoms with Gasteiger partial charge in [-0.05, 0) is 36.9 Å².